The number of hydrogen-bond donors (Lipinski definition) is 2. The van der Waals surface area contributed by atoms with E-state index >= 15 is 0 Å². The maximum absolute atomic E-state index is 13.0. The van der Waals surface area contributed by atoms with Gasteiger partial charge in [0.2, 0.25) is 0 Å². The lowest BCUT2D eigenvalue weighted by atomic mass is 10.2. The molecule has 0 radical (unpaired) electrons. The molecule has 6 heteroatoms. The van der Waals surface area contributed by atoms with Gasteiger partial charge in [0.05, 0.1) is 7.11 Å². The van der Waals surface area contributed by atoms with Crippen LogP contribution in [0.4, 0.5) is 21.7 Å². The van der Waals surface area contributed by atoms with E-state index in [0.29, 0.717) is 24.0 Å². The van der Waals surface area contributed by atoms with Crippen molar-refractivity contribution in [3.05, 3.63) is 71.8 Å². The molecule has 0 fully saturated rings. The molecule has 0 bridgehead atoms. The van der Waals surface area contributed by atoms with E-state index in [1.165, 1.54) is 12.1 Å². The Morgan fingerprint density at radius 2 is 1.64 bits per heavy atom. The van der Waals surface area contributed by atoms with E-state index in [2.05, 4.69) is 20.6 Å². The third-order valence-corrected chi connectivity index (χ3v) is 3.59. The van der Waals surface area contributed by atoms with Gasteiger partial charge in [-0.15, -0.1) is 0 Å². The van der Waals surface area contributed by atoms with Gasteiger partial charge in [0.15, 0.2) is 0 Å². The zero-order chi connectivity index (χ0) is 17.6. The quantitative estimate of drug-likeness (QED) is 0.702. The Morgan fingerprint density at radius 1 is 0.960 bits per heavy atom. The first-order chi connectivity index (χ1) is 12.1. The molecule has 3 aromatic rings. The Labute approximate surface area is 145 Å². The molecular formula is C19H19FN4O. The highest BCUT2D eigenvalue weighted by molar-refractivity contribution is 5.59. The fourth-order valence-corrected chi connectivity index (χ4v) is 2.34. The fourth-order valence-electron chi connectivity index (χ4n) is 2.34. The van der Waals surface area contributed by atoms with Crippen molar-refractivity contribution >= 4 is 17.3 Å². The van der Waals surface area contributed by atoms with Gasteiger partial charge in [-0.25, -0.2) is 14.4 Å². The predicted octanol–water partition coefficient (Wildman–Crippen LogP) is 4.29. The molecule has 0 saturated carbocycles. The van der Waals surface area contributed by atoms with Gasteiger partial charge in [-0.3, -0.25) is 0 Å². The molecule has 0 saturated heterocycles. The number of nitrogens with one attached hydrogen (secondary N) is 2. The summed E-state index contributed by atoms with van der Waals surface area (Å²) in [7, 11) is 1.65. The van der Waals surface area contributed by atoms with Crippen LogP contribution >= 0.6 is 0 Å². The number of benzene rings is 2. The lowest BCUT2D eigenvalue weighted by Gasteiger charge is -2.10. The SMILES string of the molecule is COc1ccc(CNc2cc(Nc3ccc(F)cc3)nc(C)n2)cc1. The normalized spacial score (nSPS) is 10.4. The molecule has 2 aromatic carbocycles. The van der Waals surface area contributed by atoms with E-state index in [1.54, 1.807) is 19.2 Å². The van der Waals surface area contributed by atoms with Gasteiger partial charge in [-0.2, -0.15) is 0 Å². The standard InChI is InChI=1S/C19H19FN4O/c1-13-22-18(21-12-14-3-9-17(25-2)10-4-14)11-19(23-13)24-16-7-5-15(20)6-8-16/h3-11H,12H2,1-2H3,(H2,21,22,23,24). The Hall–Kier alpha value is -3.15. The van der Waals surface area contributed by atoms with Gasteiger partial charge >= 0.3 is 0 Å². The zero-order valence-corrected chi connectivity index (χ0v) is 14.1. The second kappa shape index (κ2) is 7.61. The second-order valence-electron chi connectivity index (χ2n) is 5.52. The number of ether oxygens (including phenoxy) is 1. The minimum Gasteiger partial charge on any atom is -0.497 e. The Kier molecular flexibility index (Phi) is 5.09. The molecule has 3 rings (SSSR count). The first-order valence-electron chi connectivity index (χ1n) is 7.87. The van der Waals surface area contributed by atoms with Gasteiger partial charge in [-0.05, 0) is 48.9 Å². The molecule has 0 amide bonds. The van der Waals surface area contributed by atoms with Gasteiger partial charge in [0, 0.05) is 18.3 Å². The summed E-state index contributed by atoms with van der Waals surface area (Å²) in [5, 5.41) is 6.43. The molecule has 128 valence electrons. The fraction of sp³-hybridized carbons (Fsp3) is 0.158. The number of hydrogen-bond acceptors (Lipinski definition) is 5. The summed E-state index contributed by atoms with van der Waals surface area (Å²) in [6.07, 6.45) is 0. The highest BCUT2D eigenvalue weighted by Gasteiger charge is 2.03. The summed E-state index contributed by atoms with van der Waals surface area (Å²) in [5.74, 6) is 2.56. The Bertz CT molecular complexity index is 835. The third kappa shape index (κ3) is 4.67. The van der Waals surface area contributed by atoms with Crippen molar-refractivity contribution in [2.45, 2.75) is 13.5 Å². The van der Waals surface area contributed by atoms with E-state index in [-0.39, 0.29) is 5.82 Å². The van der Waals surface area contributed by atoms with E-state index < -0.39 is 0 Å². The topological polar surface area (TPSA) is 59.1 Å². The van der Waals surface area contributed by atoms with Crippen LogP contribution in [-0.4, -0.2) is 17.1 Å². The summed E-state index contributed by atoms with van der Waals surface area (Å²) in [6, 6.07) is 15.8. The van der Waals surface area contributed by atoms with Crippen molar-refractivity contribution < 1.29 is 9.13 Å². The van der Waals surface area contributed by atoms with Crippen LogP contribution in [0.25, 0.3) is 0 Å². The molecule has 0 aliphatic heterocycles. The summed E-state index contributed by atoms with van der Waals surface area (Å²) in [4.78, 5) is 8.75. The lowest BCUT2D eigenvalue weighted by molar-refractivity contribution is 0.414. The van der Waals surface area contributed by atoms with Gasteiger partial charge in [0.1, 0.15) is 29.0 Å². The summed E-state index contributed by atoms with van der Waals surface area (Å²) < 4.78 is 18.1. The van der Waals surface area contributed by atoms with Crippen LogP contribution in [0.2, 0.25) is 0 Å². The maximum atomic E-state index is 13.0. The van der Waals surface area contributed by atoms with Crippen molar-refractivity contribution in [2.75, 3.05) is 17.7 Å². The predicted molar refractivity (Wildman–Crippen MR) is 96.8 cm³/mol. The molecule has 2 N–H and O–H groups in total. The highest BCUT2D eigenvalue weighted by atomic mass is 19.1. The van der Waals surface area contributed by atoms with E-state index in [9.17, 15) is 4.39 Å². The van der Waals surface area contributed by atoms with Crippen molar-refractivity contribution in [3.8, 4) is 5.75 Å². The molecule has 1 aromatic heterocycles. The van der Waals surface area contributed by atoms with E-state index in [1.807, 2.05) is 37.3 Å². The summed E-state index contributed by atoms with van der Waals surface area (Å²) in [5.41, 5.74) is 1.88. The van der Waals surface area contributed by atoms with Crippen LogP contribution in [0.5, 0.6) is 5.75 Å². The third-order valence-electron chi connectivity index (χ3n) is 3.59. The molecule has 0 aliphatic carbocycles. The summed E-state index contributed by atoms with van der Waals surface area (Å²) in [6.45, 7) is 2.46. The van der Waals surface area contributed by atoms with Gasteiger partial charge < -0.3 is 15.4 Å². The van der Waals surface area contributed by atoms with Crippen LogP contribution in [0.3, 0.4) is 0 Å². The molecule has 0 unspecified atom stereocenters. The van der Waals surface area contributed by atoms with Gasteiger partial charge in [0.25, 0.3) is 0 Å². The number of aryl methyl sites for hydroxylation is 1. The zero-order valence-electron chi connectivity index (χ0n) is 14.1. The van der Waals surface area contributed by atoms with Crippen LogP contribution in [0.1, 0.15) is 11.4 Å². The number of nitrogens with zero attached hydrogens (tertiary/aromatic N) is 2. The molecule has 0 atom stereocenters. The molecule has 1 heterocycles. The van der Waals surface area contributed by atoms with Crippen LogP contribution < -0.4 is 15.4 Å². The average Bonchev–Trinajstić information content (AvgIpc) is 2.62. The van der Waals surface area contributed by atoms with Gasteiger partial charge in [-0.1, -0.05) is 12.1 Å². The number of halogens is 1. The van der Waals surface area contributed by atoms with Crippen molar-refractivity contribution in [1.82, 2.24) is 9.97 Å². The highest BCUT2D eigenvalue weighted by Crippen LogP contribution is 2.19. The lowest BCUT2D eigenvalue weighted by Crippen LogP contribution is -2.05. The smallest absolute Gasteiger partial charge is 0.136 e. The minimum atomic E-state index is -0.272. The molecule has 25 heavy (non-hydrogen) atoms. The number of methoxy groups -OCH3 is 1. The minimum absolute atomic E-state index is 0.272. The monoisotopic (exact) mass is 338 g/mol. The Balaban J connectivity index is 1.69. The largest absolute Gasteiger partial charge is 0.497 e. The Morgan fingerprint density at radius 3 is 2.32 bits per heavy atom. The van der Waals surface area contributed by atoms with E-state index in [0.717, 1.165) is 17.0 Å². The van der Waals surface area contributed by atoms with Crippen LogP contribution in [0, 0.1) is 12.7 Å². The summed E-state index contributed by atoms with van der Waals surface area (Å²) >= 11 is 0. The van der Waals surface area contributed by atoms with Crippen molar-refractivity contribution in [3.63, 3.8) is 0 Å². The van der Waals surface area contributed by atoms with Crippen molar-refractivity contribution in [1.29, 1.82) is 0 Å². The number of aromatic nitrogens is 2. The second-order valence-corrected chi connectivity index (χ2v) is 5.52. The maximum Gasteiger partial charge on any atom is 0.136 e. The van der Waals surface area contributed by atoms with Crippen LogP contribution in [-0.2, 0) is 6.54 Å². The average molecular weight is 338 g/mol. The molecule has 0 aliphatic rings. The van der Waals surface area contributed by atoms with Crippen molar-refractivity contribution in [2.24, 2.45) is 0 Å². The molecular weight excluding hydrogens is 319 g/mol. The first kappa shape index (κ1) is 16.7. The molecule has 0 spiro atoms. The van der Waals surface area contributed by atoms with Crippen LogP contribution in [0.15, 0.2) is 54.6 Å². The number of anilines is 3. The number of rotatable bonds is 6. The van der Waals surface area contributed by atoms with E-state index in [4.69, 9.17) is 4.74 Å². The molecule has 5 nitrogen and oxygen atoms in total. The first-order valence-corrected chi connectivity index (χ1v) is 7.87.